The van der Waals surface area contributed by atoms with Crippen LogP contribution in [0.3, 0.4) is 0 Å². The average molecular weight is 411 g/mol. The van der Waals surface area contributed by atoms with Gasteiger partial charge < -0.3 is 10.1 Å². The van der Waals surface area contributed by atoms with Gasteiger partial charge in [0.05, 0.1) is 11.6 Å². The fourth-order valence-corrected chi connectivity index (χ4v) is 3.85. The Morgan fingerprint density at radius 1 is 1.24 bits per heavy atom. The first-order chi connectivity index (χ1) is 13.9. The summed E-state index contributed by atoms with van der Waals surface area (Å²) in [6.07, 6.45) is 1.72. The van der Waals surface area contributed by atoms with Crippen LogP contribution in [-0.4, -0.2) is 30.9 Å². The summed E-state index contributed by atoms with van der Waals surface area (Å²) in [7, 11) is 0. The van der Waals surface area contributed by atoms with Crippen LogP contribution in [0.4, 0.5) is 10.7 Å². The number of benzene rings is 1. The lowest BCUT2D eigenvalue weighted by Crippen LogP contribution is -2.35. The van der Waals surface area contributed by atoms with Gasteiger partial charge in [-0.2, -0.15) is 5.26 Å². The topological polar surface area (TPSA) is 99.5 Å². The van der Waals surface area contributed by atoms with E-state index in [1.165, 1.54) is 16.2 Å². The number of esters is 1. The molecule has 7 nitrogen and oxygen atoms in total. The zero-order chi connectivity index (χ0) is 21.0. The summed E-state index contributed by atoms with van der Waals surface area (Å²) in [5, 5.41) is 12.3. The fraction of sp³-hybridized carbons (Fsp3) is 0.333. The minimum absolute atomic E-state index is 0.00794. The van der Waals surface area contributed by atoms with Crippen LogP contribution in [0.25, 0.3) is 0 Å². The molecule has 0 saturated heterocycles. The Balaban J connectivity index is 1.70. The van der Waals surface area contributed by atoms with Crippen LogP contribution < -0.4 is 10.2 Å². The van der Waals surface area contributed by atoms with Gasteiger partial charge in [0, 0.05) is 16.5 Å². The minimum Gasteiger partial charge on any atom is -0.452 e. The van der Waals surface area contributed by atoms with E-state index < -0.39 is 18.5 Å². The molecule has 1 aliphatic rings. The van der Waals surface area contributed by atoms with E-state index in [-0.39, 0.29) is 23.9 Å². The van der Waals surface area contributed by atoms with Crippen molar-refractivity contribution in [2.75, 3.05) is 23.4 Å². The van der Waals surface area contributed by atoms with Crippen molar-refractivity contribution in [2.45, 2.75) is 26.7 Å². The van der Waals surface area contributed by atoms with E-state index in [2.05, 4.69) is 5.32 Å². The van der Waals surface area contributed by atoms with E-state index in [4.69, 9.17) is 10.00 Å². The molecule has 0 spiro atoms. The molecule has 1 aliphatic carbocycles. The number of para-hydroxylation sites is 1. The Bertz CT molecular complexity index is 974. The van der Waals surface area contributed by atoms with Crippen LogP contribution in [0.5, 0.6) is 0 Å². The molecule has 2 amide bonds. The number of nitriles is 1. The molecule has 0 bridgehead atoms. The molecule has 0 unspecified atom stereocenters. The van der Waals surface area contributed by atoms with Crippen LogP contribution in [0.2, 0.25) is 0 Å². The van der Waals surface area contributed by atoms with Crippen molar-refractivity contribution >= 4 is 39.8 Å². The number of thiophene rings is 1. The molecule has 1 fully saturated rings. The van der Waals surface area contributed by atoms with Crippen LogP contribution in [-0.2, 0) is 14.3 Å². The molecule has 2 aromatic rings. The second-order valence-corrected chi connectivity index (χ2v) is 8.03. The molecule has 3 rings (SSSR count). The summed E-state index contributed by atoms with van der Waals surface area (Å²) < 4.78 is 5.25. The number of carbonyl (C=O) groups excluding carboxylic acids is 3. The molecule has 0 atom stereocenters. The maximum Gasteiger partial charge on any atom is 0.341 e. The highest BCUT2D eigenvalue weighted by Gasteiger charge is 2.32. The highest BCUT2D eigenvalue weighted by Crippen LogP contribution is 2.36. The van der Waals surface area contributed by atoms with Crippen molar-refractivity contribution in [3.05, 3.63) is 46.3 Å². The molecule has 1 aromatic carbocycles. The molecule has 0 aliphatic heterocycles. The Labute approximate surface area is 172 Å². The van der Waals surface area contributed by atoms with Gasteiger partial charge in [0.2, 0.25) is 5.91 Å². The number of rotatable bonds is 7. The van der Waals surface area contributed by atoms with E-state index in [9.17, 15) is 14.4 Å². The van der Waals surface area contributed by atoms with Crippen molar-refractivity contribution < 1.29 is 19.1 Å². The molecule has 1 N–H and O–H groups in total. The Morgan fingerprint density at radius 3 is 2.55 bits per heavy atom. The zero-order valence-corrected chi connectivity index (χ0v) is 17.0. The molecule has 8 heteroatoms. The molecule has 150 valence electrons. The number of nitrogens with one attached hydrogen (secondary N) is 1. The van der Waals surface area contributed by atoms with Crippen molar-refractivity contribution in [2.24, 2.45) is 5.92 Å². The standard InChI is InChI=1S/C21H21N3O4S/c1-13-14(2)29-20(23-19(26)15-8-9-15)18(13)21(27)28-12-17(25)24(11-10-22)16-6-4-3-5-7-16/h3-7,15H,8-9,11-12H2,1-2H3,(H,23,26). The smallest absolute Gasteiger partial charge is 0.341 e. The SMILES string of the molecule is Cc1sc(NC(=O)C2CC2)c(C(=O)OCC(=O)N(CC#N)c2ccccc2)c1C. The lowest BCUT2D eigenvalue weighted by Gasteiger charge is -2.19. The molecule has 1 heterocycles. The third-order valence-electron chi connectivity index (χ3n) is 4.70. The van der Waals surface area contributed by atoms with Gasteiger partial charge in [-0.3, -0.25) is 14.5 Å². The Hall–Kier alpha value is -3.18. The maximum absolute atomic E-state index is 12.7. The number of nitrogens with zero attached hydrogens (tertiary/aromatic N) is 2. The first-order valence-corrected chi connectivity index (χ1v) is 10.0. The molecular weight excluding hydrogens is 390 g/mol. The first kappa shape index (κ1) is 20.6. The second kappa shape index (κ2) is 8.88. The van der Waals surface area contributed by atoms with Gasteiger partial charge in [-0.05, 0) is 44.4 Å². The molecule has 0 radical (unpaired) electrons. The number of hydrogen-bond donors (Lipinski definition) is 1. The number of ether oxygens (including phenoxy) is 1. The molecule has 1 aromatic heterocycles. The van der Waals surface area contributed by atoms with Crippen LogP contribution in [0.1, 0.15) is 33.6 Å². The van der Waals surface area contributed by atoms with Gasteiger partial charge in [-0.15, -0.1) is 11.3 Å². The number of amides is 2. The van der Waals surface area contributed by atoms with Gasteiger partial charge in [0.1, 0.15) is 11.5 Å². The number of hydrogen-bond acceptors (Lipinski definition) is 6. The summed E-state index contributed by atoms with van der Waals surface area (Å²) in [6, 6.07) is 10.7. The van der Waals surface area contributed by atoms with E-state index >= 15 is 0 Å². The summed E-state index contributed by atoms with van der Waals surface area (Å²) in [4.78, 5) is 39.5. The van der Waals surface area contributed by atoms with Gasteiger partial charge in [-0.25, -0.2) is 4.79 Å². The van der Waals surface area contributed by atoms with Gasteiger partial charge in [0.15, 0.2) is 6.61 Å². The van der Waals surface area contributed by atoms with E-state index in [0.29, 0.717) is 10.7 Å². The third-order valence-corrected chi connectivity index (χ3v) is 5.82. The number of anilines is 2. The van der Waals surface area contributed by atoms with Gasteiger partial charge >= 0.3 is 5.97 Å². The van der Waals surface area contributed by atoms with Crippen molar-refractivity contribution in [1.82, 2.24) is 0 Å². The Morgan fingerprint density at radius 2 is 1.93 bits per heavy atom. The third kappa shape index (κ3) is 4.81. The fourth-order valence-electron chi connectivity index (χ4n) is 2.80. The van der Waals surface area contributed by atoms with Gasteiger partial charge in [-0.1, -0.05) is 18.2 Å². The zero-order valence-electron chi connectivity index (χ0n) is 16.2. The first-order valence-electron chi connectivity index (χ1n) is 9.22. The van der Waals surface area contributed by atoms with Crippen molar-refractivity contribution in [3.63, 3.8) is 0 Å². The Kier molecular flexibility index (Phi) is 6.29. The monoisotopic (exact) mass is 411 g/mol. The van der Waals surface area contributed by atoms with Gasteiger partial charge in [0.25, 0.3) is 5.91 Å². The maximum atomic E-state index is 12.7. The highest BCUT2D eigenvalue weighted by atomic mass is 32.1. The van der Waals surface area contributed by atoms with Crippen LogP contribution in [0.15, 0.2) is 30.3 Å². The van der Waals surface area contributed by atoms with E-state index in [1.807, 2.05) is 13.0 Å². The number of carbonyl (C=O) groups is 3. The van der Waals surface area contributed by atoms with E-state index in [1.54, 1.807) is 37.3 Å². The highest BCUT2D eigenvalue weighted by molar-refractivity contribution is 7.16. The minimum atomic E-state index is -0.670. The van der Waals surface area contributed by atoms with Crippen molar-refractivity contribution in [3.8, 4) is 6.07 Å². The molecule has 29 heavy (non-hydrogen) atoms. The van der Waals surface area contributed by atoms with Crippen LogP contribution in [0, 0.1) is 31.1 Å². The van der Waals surface area contributed by atoms with Crippen LogP contribution >= 0.6 is 11.3 Å². The largest absolute Gasteiger partial charge is 0.452 e. The second-order valence-electron chi connectivity index (χ2n) is 6.80. The molecule has 1 saturated carbocycles. The summed E-state index contributed by atoms with van der Waals surface area (Å²) in [5.41, 5.74) is 1.55. The van der Waals surface area contributed by atoms with Crippen molar-refractivity contribution in [1.29, 1.82) is 5.26 Å². The average Bonchev–Trinajstić information content (AvgIpc) is 3.52. The lowest BCUT2D eigenvalue weighted by atomic mass is 10.1. The quantitative estimate of drug-likeness (QED) is 0.556. The summed E-state index contributed by atoms with van der Waals surface area (Å²) in [5.74, 6) is -1.26. The number of aryl methyl sites for hydroxylation is 1. The normalized spacial score (nSPS) is 12.7. The lowest BCUT2D eigenvalue weighted by molar-refractivity contribution is -0.121. The summed E-state index contributed by atoms with van der Waals surface area (Å²) >= 11 is 1.32. The predicted molar refractivity (Wildman–Crippen MR) is 110 cm³/mol. The summed E-state index contributed by atoms with van der Waals surface area (Å²) in [6.45, 7) is 2.99. The van der Waals surface area contributed by atoms with E-state index in [0.717, 1.165) is 23.3 Å². The molecular formula is C21H21N3O4S. The predicted octanol–water partition coefficient (Wildman–Crippen LogP) is 3.43.